The van der Waals surface area contributed by atoms with Crippen molar-refractivity contribution in [3.8, 4) is 0 Å². The molecule has 2 unspecified atom stereocenters. The van der Waals surface area contributed by atoms with Crippen LogP contribution in [0.1, 0.15) is 49.3 Å². The largest absolute Gasteiger partial charge is 0.376 e. The molecule has 2 N–H and O–H groups in total. The van der Waals surface area contributed by atoms with Crippen molar-refractivity contribution < 1.29 is 4.74 Å². The fraction of sp³-hybridized carbons (Fsp3) is 0.571. The van der Waals surface area contributed by atoms with Gasteiger partial charge in [-0.1, -0.05) is 30.7 Å². The molecule has 0 saturated carbocycles. The third kappa shape index (κ3) is 7.09. The summed E-state index contributed by atoms with van der Waals surface area (Å²) in [5, 5.41) is 16.0. The Kier molecular flexibility index (Phi) is 10.3. The maximum atomic E-state index is 6.03. The van der Waals surface area contributed by atoms with E-state index in [0.717, 1.165) is 61.6 Å². The predicted octanol–water partition coefficient (Wildman–Crippen LogP) is 3.80. The van der Waals surface area contributed by atoms with Crippen molar-refractivity contribution in [3.63, 3.8) is 0 Å². The second kappa shape index (κ2) is 12.5. The molecule has 166 valence electrons. The maximum absolute atomic E-state index is 6.03. The molecule has 1 aliphatic heterocycles. The summed E-state index contributed by atoms with van der Waals surface area (Å²) >= 11 is 6.03. The molecular weight excluding hydrogens is 515 g/mol. The van der Waals surface area contributed by atoms with Crippen molar-refractivity contribution in [3.05, 3.63) is 46.5 Å². The first-order valence-electron chi connectivity index (χ1n) is 10.3. The highest BCUT2D eigenvalue weighted by atomic mass is 127. The molecule has 30 heavy (non-hydrogen) atoms. The number of ether oxygens (including phenoxy) is 1. The van der Waals surface area contributed by atoms with Crippen molar-refractivity contribution in [1.29, 1.82) is 0 Å². The SMILES string of the molecule is CCC(CNC(=NCc1nnc(C)n1C)NCC1CCCO1)c1ccc(Cl)cc1.I. The number of rotatable bonds is 8. The molecule has 1 aromatic carbocycles. The third-order valence-corrected chi connectivity index (χ3v) is 5.68. The van der Waals surface area contributed by atoms with Crippen LogP contribution in [0.5, 0.6) is 0 Å². The van der Waals surface area contributed by atoms with Crippen LogP contribution in [0, 0.1) is 6.92 Å². The van der Waals surface area contributed by atoms with E-state index in [9.17, 15) is 0 Å². The molecule has 1 saturated heterocycles. The van der Waals surface area contributed by atoms with Crippen LogP contribution in [-0.2, 0) is 18.3 Å². The highest BCUT2D eigenvalue weighted by Crippen LogP contribution is 2.20. The summed E-state index contributed by atoms with van der Waals surface area (Å²) < 4.78 is 7.69. The van der Waals surface area contributed by atoms with Crippen LogP contribution in [0.2, 0.25) is 5.02 Å². The number of nitrogens with zero attached hydrogens (tertiary/aromatic N) is 4. The number of aromatic nitrogens is 3. The lowest BCUT2D eigenvalue weighted by Gasteiger charge is -2.20. The summed E-state index contributed by atoms with van der Waals surface area (Å²) in [5.74, 6) is 2.86. The quantitative estimate of drug-likeness (QED) is 0.299. The van der Waals surface area contributed by atoms with Crippen molar-refractivity contribution in [2.24, 2.45) is 12.0 Å². The summed E-state index contributed by atoms with van der Waals surface area (Å²) in [6.45, 7) is 6.98. The van der Waals surface area contributed by atoms with Crippen molar-refractivity contribution >= 4 is 41.5 Å². The van der Waals surface area contributed by atoms with Gasteiger partial charge in [0.15, 0.2) is 11.8 Å². The van der Waals surface area contributed by atoms with E-state index in [1.165, 1.54) is 5.56 Å². The van der Waals surface area contributed by atoms with Gasteiger partial charge in [0.05, 0.1) is 6.10 Å². The van der Waals surface area contributed by atoms with E-state index in [1.807, 2.05) is 30.7 Å². The van der Waals surface area contributed by atoms with Crippen molar-refractivity contribution in [2.75, 3.05) is 19.7 Å². The topological polar surface area (TPSA) is 76.4 Å². The number of hydrogen-bond donors (Lipinski definition) is 2. The van der Waals surface area contributed by atoms with E-state index in [0.29, 0.717) is 12.5 Å². The van der Waals surface area contributed by atoms with Gasteiger partial charge in [0.1, 0.15) is 12.4 Å². The molecule has 2 heterocycles. The maximum Gasteiger partial charge on any atom is 0.191 e. The number of aryl methyl sites for hydroxylation is 1. The van der Waals surface area contributed by atoms with E-state index in [4.69, 9.17) is 21.3 Å². The molecule has 0 spiro atoms. The summed E-state index contributed by atoms with van der Waals surface area (Å²) in [6.07, 6.45) is 3.48. The van der Waals surface area contributed by atoms with Gasteiger partial charge < -0.3 is 19.9 Å². The zero-order valence-electron chi connectivity index (χ0n) is 17.9. The van der Waals surface area contributed by atoms with Crippen LogP contribution in [0.4, 0.5) is 0 Å². The fourth-order valence-corrected chi connectivity index (χ4v) is 3.51. The zero-order valence-corrected chi connectivity index (χ0v) is 21.0. The van der Waals surface area contributed by atoms with Gasteiger partial charge in [0.2, 0.25) is 0 Å². The van der Waals surface area contributed by atoms with Gasteiger partial charge in [0, 0.05) is 37.7 Å². The molecule has 7 nitrogen and oxygen atoms in total. The fourth-order valence-electron chi connectivity index (χ4n) is 3.38. The number of guanidine groups is 1. The smallest absolute Gasteiger partial charge is 0.191 e. The molecule has 0 radical (unpaired) electrons. The van der Waals surface area contributed by atoms with Crippen LogP contribution >= 0.6 is 35.6 Å². The normalized spacial score (nSPS) is 17.5. The van der Waals surface area contributed by atoms with Crippen LogP contribution in [-0.4, -0.2) is 46.5 Å². The summed E-state index contributed by atoms with van der Waals surface area (Å²) in [5.41, 5.74) is 1.27. The minimum atomic E-state index is 0. The van der Waals surface area contributed by atoms with Gasteiger partial charge in [-0.2, -0.15) is 0 Å². The minimum Gasteiger partial charge on any atom is -0.376 e. The van der Waals surface area contributed by atoms with Gasteiger partial charge in [-0.05, 0) is 43.9 Å². The molecule has 1 aromatic heterocycles. The molecular formula is C21H32ClIN6O. The lowest BCUT2D eigenvalue weighted by Crippen LogP contribution is -2.42. The van der Waals surface area contributed by atoms with Gasteiger partial charge >= 0.3 is 0 Å². The number of aliphatic imine (C=N–C) groups is 1. The Hall–Kier alpha value is -1.39. The molecule has 0 aliphatic carbocycles. The van der Waals surface area contributed by atoms with E-state index < -0.39 is 0 Å². The average Bonchev–Trinajstić information content (AvgIpc) is 3.36. The summed E-state index contributed by atoms with van der Waals surface area (Å²) in [6, 6.07) is 8.08. The first kappa shape index (κ1) is 24.9. The van der Waals surface area contributed by atoms with Gasteiger partial charge in [-0.3, -0.25) is 0 Å². The average molecular weight is 547 g/mol. The lowest BCUT2D eigenvalue weighted by molar-refractivity contribution is 0.113. The Morgan fingerprint density at radius 3 is 2.67 bits per heavy atom. The van der Waals surface area contributed by atoms with Crippen LogP contribution in [0.15, 0.2) is 29.3 Å². The second-order valence-corrected chi connectivity index (χ2v) is 7.88. The molecule has 0 amide bonds. The zero-order chi connectivity index (χ0) is 20.6. The number of hydrogen-bond acceptors (Lipinski definition) is 4. The van der Waals surface area contributed by atoms with E-state index in [-0.39, 0.29) is 30.1 Å². The molecule has 2 atom stereocenters. The summed E-state index contributed by atoms with van der Waals surface area (Å²) in [7, 11) is 1.96. The Bertz CT molecular complexity index is 804. The molecule has 3 rings (SSSR count). The molecule has 1 fully saturated rings. The van der Waals surface area contributed by atoms with E-state index in [1.54, 1.807) is 0 Å². The van der Waals surface area contributed by atoms with Crippen molar-refractivity contribution in [1.82, 2.24) is 25.4 Å². The Morgan fingerprint density at radius 1 is 1.30 bits per heavy atom. The van der Waals surface area contributed by atoms with Gasteiger partial charge in [-0.15, -0.1) is 34.2 Å². The Balaban J connectivity index is 0.00000320. The highest BCUT2D eigenvalue weighted by Gasteiger charge is 2.16. The van der Waals surface area contributed by atoms with E-state index >= 15 is 0 Å². The molecule has 2 aromatic rings. The first-order valence-corrected chi connectivity index (χ1v) is 10.7. The van der Waals surface area contributed by atoms with Crippen LogP contribution in [0.3, 0.4) is 0 Å². The first-order chi connectivity index (χ1) is 14.1. The number of halogens is 2. The standard InChI is InChI=1S/C21H31ClN6O.HI/c1-4-16(17-7-9-18(22)10-8-17)12-23-21(24-13-19-6-5-11-29-19)25-14-20-27-26-15(2)28(20)3;/h7-10,16,19H,4-6,11-14H2,1-3H3,(H2,23,24,25);1H. The monoisotopic (exact) mass is 546 g/mol. The number of benzene rings is 1. The van der Waals surface area contributed by atoms with Gasteiger partial charge in [-0.25, -0.2) is 4.99 Å². The highest BCUT2D eigenvalue weighted by molar-refractivity contribution is 14.0. The van der Waals surface area contributed by atoms with Gasteiger partial charge in [0.25, 0.3) is 0 Å². The number of nitrogens with one attached hydrogen (secondary N) is 2. The third-order valence-electron chi connectivity index (χ3n) is 5.43. The second-order valence-electron chi connectivity index (χ2n) is 7.44. The van der Waals surface area contributed by atoms with Crippen LogP contribution < -0.4 is 10.6 Å². The Labute approximate surface area is 201 Å². The van der Waals surface area contributed by atoms with Crippen LogP contribution in [0.25, 0.3) is 0 Å². The minimum absolute atomic E-state index is 0. The van der Waals surface area contributed by atoms with Crippen molar-refractivity contribution in [2.45, 2.75) is 51.7 Å². The molecule has 1 aliphatic rings. The lowest BCUT2D eigenvalue weighted by atomic mass is 9.96. The van der Waals surface area contributed by atoms with E-state index in [2.05, 4.69) is 39.9 Å². The Morgan fingerprint density at radius 2 is 2.07 bits per heavy atom. The predicted molar refractivity (Wildman–Crippen MR) is 132 cm³/mol. The summed E-state index contributed by atoms with van der Waals surface area (Å²) in [4.78, 5) is 4.74. The molecule has 9 heteroatoms. The molecule has 0 bridgehead atoms.